The number of nitrogens with two attached hydrogens (primary N) is 1. The first-order valence-electron chi connectivity index (χ1n) is 12.2. The van der Waals surface area contributed by atoms with Crippen LogP contribution >= 0.6 is 0 Å². The summed E-state index contributed by atoms with van der Waals surface area (Å²) in [4.78, 5) is 64.5. The molecule has 5 aromatic rings. The van der Waals surface area contributed by atoms with Gasteiger partial charge in [0.15, 0.2) is 5.65 Å². The van der Waals surface area contributed by atoms with Crippen LogP contribution in [0.25, 0.3) is 5.65 Å². The summed E-state index contributed by atoms with van der Waals surface area (Å²) in [5.41, 5.74) is 6.17. The number of nitrogen functional groups attached to an aromatic ring is 1. The highest BCUT2D eigenvalue weighted by Crippen LogP contribution is 2.19. The van der Waals surface area contributed by atoms with Gasteiger partial charge in [0.05, 0.1) is 17.8 Å². The highest BCUT2D eigenvalue weighted by atomic mass is 16.4. The number of carbonyl (C=O) groups excluding carboxylic acids is 2. The van der Waals surface area contributed by atoms with Gasteiger partial charge in [-0.1, -0.05) is 29.5 Å². The van der Waals surface area contributed by atoms with Crippen LogP contribution < -0.4 is 32.5 Å². The zero-order chi connectivity index (χ0) is 29.3. The molecule has 0 aliphatic carbocycles. The molecule has 1 atom stereocenters. The van der Waals surface area contributed by atoms with Crippen molar-refractivity contribution >= 4 is 40.5 Å². The first kappa shape index (κ1) is 26.7. The first-order valence-corrected chi connectivity index (χ1v) is 12.2. The van der Waals surface area contributed by atoms with Crippen LogP contribution in [-0.4, -0.2) is 42.7 Å². The molecule has 0 fully saturated rings. The normalized spacial score (nSPS) is 11.7. The molecule has 6 N–H and O–H groups in total. The SMILES string of the molecule is C[C@H](NC(=O)c1cc(C(=O)NCc2cccc(Nc3c(N)c(=O)c3=O)c2)n2nncc2n1)c1ccc(C(=O)O)cc1. The van der Waals surface area contributed by atoms with E-state index in [0.717, 1.165) is 0 Å². The topological polar surface area (TPSA) is 211 Å². The Balaban J connectivity index is 1.30. The number of rotatable bonds is 9. The van der Waals surface area contributed by atoms with E-state index in [2.05, 4.69) is 31.2 Å². The van der Waals surface area contributed by atoms with Crippen LogP contribution in [0.5, 0.6) is 0 Å². The fraction of sp³-hybridized carbons (Fsp3) is 0.111. The number of nitrogens with one attached hydrogen (secondary N) is 3. The molecule has 0 saturated carbocycles. The lowest BCUT2D eigenvalue weighted by Gasteiger charge is -2.15. The first-order chi connectivity index (χ1) is 19.6. The van der Waals surface area contributed by atoms with E-state index in [1.807, 2.05) is 0 Å². The number of amides is 2. The zero-order valence-electron chi connectivity index (χ0n) is 21.4. The van der Waals surface area contributed by atoms with Crippen molar-refractivity contribution in [1.29, 1.82) is 0 Å². The third-order valence-electron chi connectivity index (χ3n) is 6.34. The van der Waals surface area contributed by atoms with Crippen LogP contribution in [-0.2, 0) is 6.54 Å². The van der Waals surface area contributed by atoms with Crippen molar-refractivity contribution in [2.24, 2.45) is 0 Å². The van der Waals surface area contributed by atoms with Crippen molar-refractivity contribution in [3.8, 4) is 0 Å². The standard InChI is InChI=1S/C27H22N8O6/c1-13(15-5-7-16(8-6-15)27(40)41)31-25(38)18-10-19(35-20(33-18)12-30-34-35)26(39)29-11-14-3-2-4-17(9-14)32-22-21(28)23(36)24(22)37/h2-10,12-13,32H,11,28H2,1H3,(H,29,39)(H,31,38)(H,40,41)/t13-/m0/s1. The molecule has 0 saturated heterocycles. The number of anilines is 3. The third-order valence-corrected chi connectivity index (χ3v) is 6.34. The Labute approximate surface area is 230 Å². The maximum Gasteiger partial charge on any atom is 0.335 e. The number of aromatic nitrogens is 4. The average Bonchev–Trinajstić information content (AvgIpc) is 3.46. The number of carboxylic acid groups (broad SMARTS) is 1. The summed E-state index contributed by atoms with van der Waals surface area (Å²) >= 11 is 0. The monoisotopic (exact) mass is 554 g/mol. The van der Waals surface area contributed by atoms with Crippen molar-refractivity contribution in [3.05, 3.63) is 109 Å². The minimum absolute atomic E-state index is 0.0156. The molecule has 2 aromatic heterocycles. The molecule has 206 valence electrons. The molecule has 0 bridgehead atoms. The molecule has 41 heavy (non-hydrogen) atoms. The maximum atomic E-state index is 13.1. The van der Waals surface area contributed by atoms with Gasteiger partial charge in [-0.2, -0.15) is 4.52 Å². The van der Waals surface area contributed by atoms with Gasteiger partial charge in [-0.25, -0.2) is 9.78 Å². The van der Waals surface area contributed by atoms with E-state index in [1.54, 1.807) is 43.3 Å². The highest BCUT2D eigenvalue weighted by molar-refractivity contribution is 5.98. The molecule has 14 nitrogen and oxygen atoms in total. The molecule has 0 radical (unpaired) electrons. The summed E-state index contributed by atoms with van der Waals surface area (Å²) in [5, 5.41) is 25.1. The summed E-state index contributed by atoms with van der Waals surface area (Å²) in [6.45, 7) is 1.81. The smallest absolute Gasteiger partial charge is 0.335 e. The van der Waals surface area contributed by atoms with Crippen molar-refractivity contribution in [2.45, 2.75) is 19.5 Å². The van der Waals surface area contributed by atoms with E-state index in [4.69, 9.17) is 10.8 Å². The number of carboxylic acids is 1. The number of hydrogen-bond donors (Lipinski definition) is 5. The lowest BCUT2D eigenvalue weighted by Crippen LogP contribution is -2.36. The second-order valence-corrected chi connectivity index (χ2v) is 9.11. The van der Waals surface area contributed by atoms with E-state index < -0.39 is 34.7 Å². The van der Waals surface area contributed by atoms with E-state index in [9.17, 15) is 24.0 Å². The minimum atomic E-state index is -1.05. The number of fused-ring (bicyclic) bond motifs is 1. The summed E-state index contributed by atoms with van der Waals surface area (Å²) in [7, 11) is 0. The predicted octanol–water partition coefficient (Wildman–Crippen LogP) is 1.17. The van der Waals surface area contributed by atoms with Gasteiger partial charge in [0, 0.05) is 18.3 Å². The third kappa shape index (κ3) is 5.34. The molecule has 3 aromatic carbocycles. The Kier molecular flexibility index (Phi) is 6.95. The molecule has 0 aliphatic heterocycles. The largest absolute Gasteiger partial charge is 0.478 e. The van der Waals surface area contributed by atoms with Gasteiger partial charge in [-0.05, 0) is 42.3 Å². The van der Waals surface area contributed by atoms with E-state index in [-0.39, 0.29) is 40.5 Å². The van der Waals surface area contributed by atoms with Gasteiger partial charge >= 0.3 is 5.97 Å². The number of nitrogens with zero attached hydrogens (tertiary/aromatic N) is 4. The molecule has 0 spiro atoms. The molecule has 5 rings (SSSR count). The molecular weight excluding hydrogens is 532 g/mol. The lowest BCUT2D eigenvalue weighted by atomic mass is 10.1. The van der Waals surface area contributed by atoms with Gasteiger partial charge in [-0.3, -0.25) is 19.2 Å². The van der Waals surface area contributed by atoms with Crippen LogP contribution in [0.2, 0.25) is 0 Å². The quantitative estimate of drug-likeness (QED) is 0.163. The Morgan fingerprint density at radius 2 is 1.78 bits per heavy atom. The van der Waals surface area contributed by atoms with Crippen LogP contribution in [0.15, 0.2) is 70.4 Å². The summed E-state index contributed by atoms with van der Waals surface area (Å²) in [5.74, 6) is -2.17. The second kappa shape index (κ2) is 10.7. The minimum Gasteiger partial charge on any atom is -0.478 e. The summed E-state index contributed by atoms with van der Waals surface area (Å²) in [6.07, 6.45) is 1.31. The summed E-state index contributed by atoms with van der Waals surface area (Å²) < 4.78 is 1.20. The number of hydrogen-bond acceptors (Lipinski definition) is 10. The fourth-order valence-corrected chi connectivity index (χ4v) is 4.08. The molecule has 2 amide bonds. The van der Waals surface area contributed by atoms with Gasteiger partial charge in [-0.15, -0.1) is 5.10 Å². The lowest BCUT2D eigenvalue weighted by molar-refractivity contribution is 0.0696. The summed E-state index contributed by atoms with van der Waals surface area (Å²) in [6, 6.07) is 13.7. The van der Waals surface area contributed by atoms with Crippen LogP contribution in [0, 0.1) is 0 Å². The Morgan fingerprint density at radius 1 is 1.02 bits per heavy atom. The molecule has 0 unspecified atom stereocenters. The molecule has 0 aliphatic rings. The van der Waals surface area contributed by atoms with Crippen LogP contribution in [0.4, 0.5) is 17.1 Å². The molecular formula is C27H22N8O6. The number of benzene rings is 2. The van der Waals surface area contributed by atoms with Crippen molar-refractivity contribution in [1.82, 2.24) is 30.4 Å². The average molecular weight is 555 g/mol. The predicted molar refractivity (Wildman–Crippen MR) is 147 cm³/mol. The Morgan fingerprint density at radius 3 is 2.49 bits per heavy atom. The van der Waals surface area contributed by atoms with Crippen molar-refractivity contribution < 1.29 is 19.5 Å². The van der Waals surface area contributed by atoms with Gasteiger partial charge in [0.1, 0.15) is 22.8 Å². The Hall–Kier alpha value is -5.92. The van der Waals surface area contributed by atoms with E-state index in [0.29, 0.717) is 16.8 Å². The second-order valence-electron chi connectivity index (χ2n) is 9.11. The van der Waals surface area contributed by atoms with Crippen molar-refractivity contribution in [3.63, 3.8) is 0 Å². The van der Waals surface area contributed by atoms with Crippen LogP contribution in [0.1, 0.15) is 55.4 Å². The van der Waals surface area contributed by atoms with E-state index >= 15 is 0 Å². The maximum absolute atomic E-state index is 13.1. The molecule has 2 heterocycles. The zero-order valence-corrected chi connectivity index (χ0v) is 21.4. The van der Waals surface area contributed by atoms with Crippen LogP contribution in [0.3, 0.4) is 0 Å². The number of aromatic carboxylic acids is 1. The van der Waals surface area contributed by atoms with Gasteiger partial charge in [0.2, 0.25) is 0 Å². The Bertz CT molecular complexity index is 1890. The van der Waals surface area contributed by atoms with Crippen molar-refractivity contribution in [2.75, 3.05) is 11.1 Å². The highest BCUT2D eigenvalue weighted by Gasteiger charge is 2.21. The van der Waals surface area contributed by atoms with Gasteiger partial charge < -0.3 is 26.8 Å². The molecule has 14 heteroatoms. The number of carbonyl (C=O) groups is 3. The fourth-order valence-electron chi connectivity index (χ4n) is 4.08. The van der Waals surface area contributed by atoms with Gasteiger partial charge in [0.25, 0.3) is 22.7 Å². The van der Waals surface area contributed by atoms with E-state index in [1.165, 1.54) is 28.9 Å².